The van der Waals surface area contributed by atoms with Gasteiger partial charge in [0.2, 0.25) is 0 Å². The second-order valence-electron chi connectivity index (χ2n) is 7.72. The summed E-state index contributed by atoms with van der Waals surface area (Å²) in [6, 6.07) is 1.28. The van der Waals surface area contributed by atoms with E-state index in [1.165, 1.54) is 25.3 Å². The topological polar surface area (TPSA) is 20.2 Å². The first kappa shape index (κ1) is 18.0. The first-order valence-corrected chi connectivity index (χ1v) is 11.1. The lowest BCUT2D eigenvalue weighted by atomic mass is 9.86. The van der Waals surface area contributed by atoms with Crippen LogP contribution >= 0.6 is 0 Å². The van der Waals surface area contributed by atoms with E-state index in [0.29, 0.717) is 5.92 Å². The highest BCUT2D eigenvalue weighted by atomic mass is 28.3. The predicted octanol–water partition coefficient (Wildman–Crippen LogP) is 5.77. The molecule has 118 valence electrons. The Kier molecular flexibility index (Phi) is 7.00. The van der Waals surface area contributed by atoms with E-state index in [4.69, 9.17) is 0 Å². The Bertz CT molecular complexity index is 285. The van der Waals surface area contributed by atoms with Crippen LogP contribution in [0.4, 0.5) is 0 Å². The standard InChI is InChI=1S/C18H36OSi/c1-14(2)20(15(3)4,16(5)6)13-9-11-17-10-7-8-12-18(17)19/h9,11,14-19H,7-8,10,12-13H2,1-6H3/b11-9+/t17-,18-/m0/s1. The lowest BCUT2D eigenvalue weighted by Crippen LogP contribution is -2.43. The van der Waals surface area contributed by atoms with E-state index in [1.54, 1.807) is 0 Å². The Hall–Kier alpha value is -0.0831. The molecule has 0 saturated heterocycles. The van der Waals surface area contributed by atoms with Crippen LogP contribution in [0.15, 0.2) is 12.2 Å². The number of hydrogen-bond donors (Lipinski definition) is 1. The molecule has 1 N–H and O–H groups in total. The number of allylic oxidation sites excluding steroid dienone is 1. The fraction of sp³-hybridized carbons (Fsp3) is 0.889. The molecule has 0 unspecified atom stereocenters. The maximum absolute atomic E-state index is 10.1. The Morgan fingerprint density at radius 3 is 1.90 bits per heavy atom. The van der Waals surface area contributed by atoms with Crippen LogP contribution in [0.5, 0.6) is 0 Å². The van der Waals surface area contributed by atoms with Crippen LogP contribution in [0, 0.1) is 5.92 Å². The summed E-state index contributed by atoms with van der Waals surface area (Å²) >= 11 is 0. The van der Waals surface area contributed by atoms with Gasteiger partial charge in [-0.2, -0.15) is 0 Å². The molecule has 0 heterocycles. The van der Waals surface area contributed by atoms with Gasteiger partial charge in [-0.25, -0.2) is 0 Å². The first-order chi connectivity index (χ1) is 9.32. The van der Waals surface area contributed by atoms with Crippen LogP contribution in [-0.4, -0.2) is 19.3 Å². The van der Waals surface area contributed by atoms with Gasteiger partial charge in [0.25, 0.3) is 0 Å². The molecule has 0 amide bonds. The Labute approximate surface area is 127 Å². The van der Waals surface area contributed by atoms with Gasteiger partial charge in [0.05, 0.1) is 14.2 Å². The van der Waals surface area contributed by atoms with Gasteiger partial charge >= 0.3 is 0 Å². The average molecular weight is 297 g/mol. The number of hydrogen-bond acceptors (Lipinski definition) is 1. The molecule has 0 aliphatic heterocycles. The molecule has 0 bridgehead atoms. The molecule has 1 saturated carbocycles. The van der Waals surface area contributed by atoms with Gasteiger partial charge in [0, 0.05) is 5.92 Å². The molecular formula is C18H36OSi. The Morgan fingerprint density at radius 1 is 0.950 bits per heavy atom. The van der Waals surface area contributed by atoms with Gasteiger partial charge in [0.15, 0.2) is 0 Å². The maximum atomic E-state index is 10.1. The highest BCUT2D eigenvalue weighted by Crippen LogP contribution is 2.44. The molecule has 20 heavy (non-hydrogen) atoms. The zero-order chi connectivity index (χ0) is 15.3. The minimum absolute atomic E-state index is 0.0896. The molecule has 2 heteroatoms. The summed E-state index contributed by atoms with van der Waals surface area (Å²) in [6.07, 6.45) is 9.35. The largest absolute Gasteiger partial charge is 0.393 e. The predicted molar refractivity (Wildman–Crippen MR) is 93.0 cm³/mol. The van der Waals surface area contributed by atoms with E-state index < -0.39 is 8.07 Å². The third-order valence-electron chi connectivity index (χ3n) is 5.86. The van der Waals surface area contributed by atoms with Crippen LogP contribution in [0.25, 0.3) is 0 Å². The van der Waals surface area contributed by atoms with Gasteiger partial charge < -0.3 is 5.11 Å². The van der Waals surface area contributed by atoms with Crippen molar-refractivity contribution < 1.29 is 5.11 Å². The summed E-state index contributed by atoms with van der Waals surface area (Å²) in [5, 5.41) is 10.1. The van der Waals surface area contributed by atoms with Crippen molar-refractivity contribution in [2.45, 2.75) is 96.0 Å². The van der Waals surface area contributed by atoms with Crippen molar-refractivity contribution in [3.63, 3.8) is 0 Å². The van der Waals surface area contributed by atoms with Crippen molar-refractivity contribution in [1.82, 2.24) is 0 Å². The second-order valence-corrected chi connectivity index (χ2v) is 13.8. The highest BCUT2D eigenvalue weighted by molar-refractivity contribution is 6.83. The molecule has 2 atom stereocenters. The second kappa shape index (κ2) is 7.79. The third kappa shape index (κ3) is 3.97. The maximum Gasteiger partial charge on any atom is 0.0650 e. The highest BCUT2D eigenvalue weighted by Gasteiger charge is 2.41. The fourth-order valence-electron chi connectivity index (χ4n) is 4.52. The smallest absolute Gasteiger partial charge is 0.0650 e. The quantitative estimate of drug-likeness (QED) is 0.487. The lowest BCUT2D eigenvalue weighted by molar-refractivity contribution is 0.0927. The fourth-order valence-corrected chi connectivity index (χ4v) is 10.5. The molecule has 1 aliphatic carbocycles. The van der Waals surface area contributed by atoms with E-state index in [2.05, 4.69) is 53.7 Å². The van der Waals surface area contributed by atoms with Gasteiger partial charge in [-0.1, -0.05) is 83.2 Å². The zero-order valence-electron chi connectivity index (χ0n) is 14.5. The minimum atomic E-state index is -1.30. The van der Waals surface area contributed by atoms with Gasteiger partial charge in [-0.3, -0.25) is 0 Å². The summed E-state index contributed by atoms with van der Waals surface area (Å²) in [5.41, 5.74) is 2.47. The van der Waals surface area contributed by atoms with Crippen LogP contribution in [0.2, 0.25) is 22.7 Å². The molecular weight excluding hydrogens is 260 g/mol. The van der Waals surface area contributed by atoms with E-state index in [9.17, 15) is 5.11 Å². The van der Waals surface area contributed by atoms with E-state index >= 15 is 0 Å². The van der Waals surface area contributed by atoms with Crippen LogP contribution in [-0.2, 0) is 0 Å². The number of aliphatic hydroxyl groups is 1. The molecule has 1 nitrogen and oxygen atoms in total. The minimum Gasteiger partial charge on any atom is -0.393 e. The molecule has 1 aliphatic rings. The van der Waals surface area contributed by atoms with E-state index in [-0.39, 0.29) is 6.10 Å². The van der Waals surface area contributed by atoms with Gasteiger partial charge in [0.1, 0.15) is 0 Å². The van der Waals surface area contributed by atoms with Crippen molar-refractivity contribution in [2.24, 2.45) is 5.92 Å². The Morgan fingerprint density at radius 2 is 1.45 bits per heavy atom. The molecule has 0 radical (unpaired) electrons. The summed E-state index contributed by atoms with van der Waals surface area (Å²) < 4.78 is 0. The zero-order valence-corrected chi connectivity index (χ0v) is 15.5. The lowest BCUT2D eigenvalue weighted by Gasteiger charge is -2.43. The molecule has 0 aromatic rings. The normalized spacial score (nSPS) is 25.3. The molecule has 1 rings (SSSR count). The molecule has 1 fully saturated rings. The summed E-state index contributed by atoms with van der Waals surface area (Å²) in [7, 11) is -1.30. The van der Waals surface area contributed by atoms with Crippen LogP contribution in [0.1, 0.15) is 67.2 Å². The number of rotatable bonds is 6. The van der Waals surface area contributed by atoms with Crippen molar-refractivity contribution in [3.05, 3.63) is 12.2 Å². The van der Waals surface area contributed by atoms with Crippen molar-refractivity contribution in [3.8, 4) is 0 Å². The molecule has 0 aromatic heterocycles. The number of aliphatic hydroxyl groups excluding tert-OH is 1. The molecule has 0 aromatic carbocycles. The van der Waals surface area contributed by atoms with Crippen molar-refractivity contribution in [2.75, 3.05) is 0 Å². The molecule has 0 spiro atoms. The van der Waals surface area contributed by atoms with Crippen molar-refractivity contribution >= 4 is 8.07 Å². The van der Waals surface area contributed by atoms with Crippen LogP contribution < -0.4 is 0 Å². The monoisotopic (exact) mass is 296 g/mol. The first-order valence-electron chi connectivity index (χ1n) is 8.67. The van der Waals surface area contributed by atoms with Crippen molar-refractivity contribution in [1.29, 1.82) is 0 Å². The SMILES string of the molecule is CC(C)[Si](C/C=C/[C@@H]1CCCC[C@@H]1O)(C(C)C)C(C)C. The van der Waals surface area contributed by atoms with Crippen LogP contribution in [0.3, 0.4) is 0 Å². The summed E-state index contributed by atoms with van der Waals surface area (Å²) in [4.78, 5) is 0. The van der Waals surface area contributed by atoms with Gasteiger partial charge in [-0.15, -0.1) is 0 Å². The van der Waals surface area contributed by atoms with E-state index in [1.807, 2.05) is 0 Å². The summed E-state index contributed by atoms with van der Waals surface area (Å²) in [5.74, 6) is 0.418. The van der Waals surface area contributed by atoms with Gasteiger partial charge in [-0.05, 0) is 18.9 Å². The Balaban J connectivity index is 2.75. The average Bonchev–Trinajstić information content (AvgIpc) is 2.35. The third-order valence-corrected chi connectivity index (χ3v) is 13.3. The summed E-state index contributed by atoms with van der Waals surface area (Å²) in [6.45, 7) is 14.6. The van der Waals surface area contributed by atoms with E-state index in [0.717, 1.165) is 23.0 Å².